The zero-order chi connectivity index (χ0) is 19.6. The van der Waals surface area contributed by atoms with Crippen molar-refractivity contribution in [2.75, 3.05) is 18.5 Å². The van der Waals surface area contributed by atoms with E-state index >= 15 is 0 Å². The second kappa shape index (κ2) is 7.85. The molecule has 10 heteroatoms. The van der Waals surface area contributed by atoms with E-state index in [0.29, 0.717) is 23.3 Å². The number of halogens is 1. The van der Waals surface area contributed by atoms with E-state index in [-0.39, 0.29) is 24.3 Å². The average Bonchev–Trinajstić information content (AvgIpc) is 2.98. The number of fused-ring (bicyclic) bond motifs is 1. The largest absolute Gasteiger partial charge is 0.489 e. The first-order valence-corrected chi connectivity index (χ1v) is 8.79. The third-order valence-electron chi connectivity index (χ3n) is 4.00. The van der Waals surface area contributed by atoms with Gasteiger partial charge in [0.1, 0.15) is 18.5 Å². The highest BCUT2D eigenvalue weighted by atomic mass is 35.5. The second-order valence-electron chi connectivity index (χ2n) is 5.96. The molecule has 0 radical (unpaired) electrons. The number of aromatic nitrogens is 4. The number of hydrogen-bond acceptors (Lipinski definition) is 6. The van der Waals surface area contributed by atoms with E-state index < -0.39 is 17.4 Å². The Balaban J connectivity index is 1.90. The molecule has 0 bridgehead atoms. The lowest BCUT2D eigenvalue weighted by Crippen LogP contribution is -2.31. The fraction of sp³-hybridized carbons (Fsp3) is 0.353. The third kappa shape index (κ3) is 3.83. The Kier molecular flexibility index (Phi) is 5.52. The van der Waals surface area contributed by atoms with Crippen LogP contribution in [0.3, 0.4) is 0 Å². The van der Waals surface area contributed by atoms with Gasteiger partial charge in [-0.25, -0.2) is 4.79 Å². The van der Waals surface area contributed by atoms with Crippen molar-refractivity contribution in [2.45, 2.75) is 19.6 Å². The number of hydrogen-bond donors (Lipinski definition) is 3. The molecule has 3 N–H and O–H groups in total. The van der Waals surface area contributed by atoms with Gasteiger partial charge in [-0.15, -0.1) is 0 Å². The Morgan fingerprint density at radius 2 is 2.11 bits per heavy atom. The highest BCUT2D eigenvalue weighted by Crippen LogP contribution is 2.23. The van der Waals surface area contributed by atoms with Crippen LogP contribution in [0.25, 0.3) is 11.2 Å². The van der Waals surface area contributed by atoms with E-state index in [9.17, 15) is 14.7 Å². The maximum atomic E-state index is 12.3. The molecule has 0 spiro atoms. The van der Waals surface area contributed by atoms with Crippen LogP contribution in [-0.4, -0.2) is 43.5 Å². The van der Waals surface area contributed by atoms with Crippen molar-refractivity contribution in [3.8, 4) is 5.75 Å². The summed E-state index contributed by atoms with van der Waals surface area (Å²) in [5.74, 6) is 0.844. The molecule has 1 atom stereocenters. The molecule has 0 saturated carbocycles. The lowest BCUT2D eigenvalue weighted by Gasteiger charge is -2.16. The summed E-state index contributed by atoms with van der Waals surface area (Å²) in [7, 11) is 1.52. The molecule has 0 aliphatic heterocycles. The van der Waals surface area contributed by atoms with Gasteiger partial charge in [-0.05, 0) is 19.1 Å². The Labute approximate surface area is 159 Å². The van der Waals surface area contributed by atoms with Crippen LogP contribution < -0.4 is 21.3 Å². The van der Waals surface area contributed by atoms with E-state index in [0.717, 1.165) is 0 Å². The van der Waals surface area contributed by atoms with Gasteiger partial charge in [0.2, 0.25) is 5.95 Å². The van der Waals surface area contributed by atoms with Crippen molar-refractivity contribution in [1.29, 1.82) is 0 Å². The molecular weight excluding hydrogens is 374 g/mol. The number of rotatable bonds is 7. The smallest absolute Gasteiger partial charge is 0.329 e. The molecule has 2 aromatic heterocycles. The topological polar surface area (TPSA) is 114 Å². The van der Waals surface area contributed by atoms with Crippen LogP contribution in [0.4, 0.5) is 5.95 Å². The summed E-state index contributed by atoms with van der Waals surface area (Å²) in [6.07, 6.45) is -0.937. The summed E-state index contributed by atoms with van der Waals surface area (Å²) < 4.78 is 8.35. The van der Waals surface area contributed by atoms with Gasteiger partial charge >= 0.3 is 5.69 Å². The number of anilines is 1. The second-order valence-corrected chi connectivity index (χ2v) is 6.37. The third-order valence-corrected chi connectivity index (χ3v) is 4.32. The van der Waals surface area contributed by atoms with Gasteiger partial charge in [0.25, 0.3) is 5.56 Å². The summed E-state index contributed by atoms with van der Waals surface area (Å²) in [5.41, 5.74) is -0.685. The molecule has 0 aliphatic rings. The molecule has 0 fully saturated rings. The van der Waals surface area contributed by atoms with Crippen molar-refractivity contribution in [1.82, 2.24) is 19.1 Å². The van der Waals surface area contributed by atoms with Crippen molar-refractivity contribution in [2.24, 2.45) is 7.05 Å². The van der Waals surface area contributed by atoms with Gasteiger partial charge in [0.05, 0.1) is 11.6 Å². The molecule has 3 aromatic rings. The van der Waals surface area contributed by atoms with Crippen LogP contribution >= 0.6 is 11.6 Å². The first kappa shape index (κ1) is 19.0. The van der Waals surface area contributed by atoms with Crippen LogP contribution in [0.1, 0.15) is 6.92 Å². The molecular formula is C17H20ClN5O4. The lowest BCUT2D eigenvalue weighted by molar-refractivity contribution is 0.0939. The lowest BCUT2D eigenvalue weighted by atomic mass is 10.3. The molecule has 0 aliphatic carbocycles. The van der Waals surface area contributed by atoms with Crippen molar-refractivity contribution < 1.29 is 9.84 Å². The Bertz CT molecular complexity index is 1070. The van der Waals surface area contributed by atoms with Gasteiger partial charge in [-0.3, -0.25) is 14.3 Å². The van der Waals surface area contributed by atoms with Gasteiger partial charge in [0.15, 0.2) is 11.2 Å². The zero-order valence-electron chi connectivity index (χ0n) is 14.9. The summed E-state index contributed by atoms with van der Waals surface area (Å²) in [4.78, 5) is 30.7. The van der Waals surface area contributed by atoms with Gasteiger partial charge in [-0.1, -0.05) is 23.7 Å². The average molecular weight is 394 g/mol. The Morgan fingerprint density at radius 1 is 1.37 bits per heavy atom. The predicted octanol–water partition coefficient (Wildman–Crippen LogP) is 0.948. The van der Waals surface area contributed by atoms with Crippen LogP contribution in [0, 0.1) is 0 Å². The molecule has 0 saturated heterocycles. The minimum Gasteiger partial charge on any atom is -0.489 e. The molecule has 144 valence electrons. The van der Waals surface area contributed by atoms with Crippen LogP contribution in [0.2, 0.25) is 5.02 Å². The summed E-state index contributed by atoms with van der Waals surface area (Å²) in [6.45, 7) is 2.45. The zero-order valence-corrected chi connectivity index (χ0v) is 15.7. The minimum absolute atomic E-state index is 0.0291. The van der Waals surface area contributed by atoms with Crippen molar-refractivity contribution in [3.63, 3.8) is 0 Å². The fourth-order valence-corrected chi connectivity index (χ4v) is 2.91. The van der Waals surface area contributed by atoms with Crippen LogP contribution in [-0.2, 0) is 13.6 Å². The maximum absolute atomic E-state index is 12.3. The highest BCUT2D eigenvalue weighted by molar-refractivity contribution is 6.32. The quantitative estimate of drug-likeness (QED) is 0.550. The molecule has 0 amide bonds. The number of aromatic amines is 1. The molecule has 0 unspecified atom stereocenters. The number of aliphatic hydroxyl groups excluding tert-OH is 1. The monoisotopic (exact) mass is 393 g/mol. The summed E-state index contributed by atoms with van der Waals surface area (Å²) in [6, 6.07) is 6.95. The van der Waals surface area contributed by atoms with Crippen LogP contribution in [0.15, 0.2) is 33.9 Å². The predicted molar refractivity (Wildman–Crippen MR) is 103 cm³/mol. The number of aryl methyl sites for hydroxylation is 1. The first-order valence-electron chi connectivity index (χ1n) is 8.41. The number of imidazole rings is 1. The maximum Gasteiger partial charge on any atom is 0.329 e. The number of aliphatic hydroxyl groups is 1. The van der Waals surface area contributed by atoms with E-state index in [1.165, 1.54) is 16.2 Å². The summed E-state index contributed by atoms with van der Waals surface area (Å²) >= 11 is 6.04. The fourth-order valence-electron chi connectivity index (χ4n) is 2.72. The molecule has 1 aromatic carbocycles. The van der Waals surface area contributed by atoms with E-state index in [1.54, 1.807) is 24.3 Å². The number of H-pyrrole nitrogens is 1. The first-order chi connectivity index (χ1) is 12.9. The number of benzene rings is 1. The number of para-hydroxylation sites is 1. The summed E-state index contributed by atoms with van der Waals surface area (Å²) in [5, 5.41) is 13.9. The van der Waals surface area contributed by atoms with E-state index in [2.05, 4.69) is 15.3 Å². The van der Waals surface area contributed by atoms with Gasteiger partial charge < -0.3 is 19.7 Å². The molecule has 27 heavy (non-hydrogen) atoms. The molecule has 3 rings (SSSR count). The Morgan fingerprint density at radius 3 is 2.81 bits per heavy atom. The van der Waals surface area contributed by atoms with E-state index in [1.807, 2.05) is 6.92 Å². The Hall–Kier alpha value is -2.78. The number of ether oxygens (including phenoxy) is 1. The highest BCUT2D eigenvalue weighted by Gasteiger charge is 2.19. The number of nitrogens with one attached hydrogen (secondary N) is 2. The van der Waals surface area contributed by atoms with Gasteiger partial charge in [0, 0.05) is 13.6 Å². The standard InChI is InChI=1S/C17H20ClN5O4/c1-3-19-16-20-14-13(15(25)21-17(26)22(14)2)23(16)8-10(24)9-27-12-7-5-4-6-11(12)18/h4-7,10,24H,3,8-9H2,1-2H3,(H,19,20)(H,21,25,26)/t10-/m0/s1. The van der Waals surface area contributed by atoms with Crippen LogP contribution in [0.5, 0.6) is 5.75 Å². The SMILES string of the molecule is CCNc1nc2c(c(=O)[nH]c(=O)n2C)n1C[C@H](O)COc1ccccc1Cl. The van der Waals surface area contributed by atoms with Crippen molar-refractivity contribution in [3.05, 3.63) is 50.1 Å². The van der Waals surface area contributed by atoms with Gasteiger partial charge in [-0.2, -0.15) is 4.98 Å². The molecule has 9 nitrogen and oxygen atoms in total. The van der Waals surface area contributed by atoms with E-state index in [4.69, 9.17) is 16.3 Å². The normalized spacial score (nSPS) is 12.3. The number of nitrogens with zero attached hydrogens (tertiary/aromatic N) is 3. The van der Waals surface area contributed by atoms with Crippen molar-refractivity contribution >= 4 is 28.7 Å². The minimum atomic E-state index is -0.937. The molecule has 2 heterocycles.